The number of furan rings is 1. The molecule has 0 saturated carbocycles. The average molecular weight is 269 g/mol. The van der Waals surface area contributed by atoms with Crippen molar-refractivity contribution in [2.24, 2.45) is 10.9 Å². The molecule has 6 nitrogen and oxygen atoms in total. The van der Waals surface area contributed by atoms with Gasteiger partial charge in [0.25, 0.3) is 0 Å². The van der Waals surface area contributed by atoms with E-state index in [2.05, 4.69) is 11.1 Å². The van der Waals surface area contributed by atoms with Gasteiger partial charge in [-0.15, -0.1) is 0 Å². The van der Waals surface area contributed by atoms with Crippen LogP contribution in [0.5, 0.6) is 0 Å². The zero-order valence-corrected chi connectivity index (χ0v) is 10.9. The first-order valence-electron chi connectivity index (χ1n) is 5.87. The minimum absolute atomic E-state index is 0.00759. The molecule has 1 aliphatic rings. The Hall–Kier alpha value is -2.86. The Morgan fingerprint density at radius 1 is 1.45 bits per heavy atom. The van der Waals surface area contributed by atoms with E-state index in [0.717, 1.165) is 6.26 Å². The van der Waals surface area contributed by atoms with Crippen molar-refractivity contribution in [1.82, 2.24) is 0 Å². The van der Waals surface area contributed by atoms with Gasteiger partial charge in [0.1, 0.15) is 12.0 Å². The van der Waals surface area contributed by atoms with E-state index in [0.29, 0.717) is 22.7 Å². The summed E-state index contributed by atoms with van der Waals surface area (Å²) in [4.78, 5) is 15.1. The summed E-state index contributed by atoms with van der Waals surface area (Å²) >= 11 is 0. The van der Waals surface area contributed by atoms with Gasteiger partial charge in [0.2, 0.25) is 0 Å². The molecular formula is C14H11N3O3. The quantitative estimate of drug-likeness (QED) is 0.886. The molecule has 0 spiro atoms. The monoisotopic (exact) mass is 269 g/mol. The van der Waals surface area contributed by atoms with Crippen molar-refractivity contribution >= 4 is 11.7 Å². The lowest BCUT2D eigenvalue weighted by molar-refractivity contribution is 0.0696. The molecule has 20 heavy (non-hydrogen) atoms. The number of carbonyl (C=O) groups is 1. The van der Waals surface area contributed by atoms with Crippen molar-refractivity contribution in [3.63, 3.8) is 0 Å². The number of hydrogen-bond acceptors (Lipinski definition) is 5. The third-order valence-electron chi connectivity index (χ3n) is 3.26. The predicted molar refractivity (Wildman–Crippen MR) is 68.9 cm³/mol. The first kappa shape index (κ1) is 13.6. The van der Waals surface area contributed by atoms with Gasteiger partial charge in [0, 0.05) is 5.71 Å². The van der Waals surface area contributed by atoms with E-state index in [9.17, 15) is 15.3 Å². The number of aliphatic imine (C=N–C) groups is 1. The van der Waals surface area contributed by atoms with Crippen molar-refractivity contribution < 1.29 is 14.3 Å². The molecule has 2 rings (SSSR count). The van der Waals surface area contributed by atoms with Crippen LogP contribution < -0.4 is 0 Å². The van der Waals surface area contributed by atoms with E-state index in [1.807, 2.05) is 6.07 Å². The van der Waals surface area contributed by atoms with Crippen molar-refractivity contribution in [1.29, 1.82) is 10.5 Å². The van der Waals surface area contributed by atoms with E-state index in [4.69, 9.17) is 9.52 Å². The Kier molecular flexibility index (Phi) is 3.41. The molecule has 2 unspecified atom stereocenters. The van der Waals surface area contributed by atoms with Gasteiger partial charge in [-0.1, -0.05) is 0 Å². The lowest BCUT2D eigenvalue weighted by Crippen LogP contribution is -2.24. The first-order valence-corrected chi connectivity index (χ1v) is 5.87. The fourth-order valence-electron chi connectivity index (χ4n) is 2.28. The van der Waals surface area contributed by atoms with E-state index < -0.39 is 17.8 Å². The maximum atomic E-state index is 10.9. The van der Waals surface area contributed by atoms with E-state index in [1.54, 1.807) is 13.8 Å². The molecular weight excluding hydrogens is 258 g/mol. The number of aromatic carboxylic acids is 1. The molecule has 0 bridgehead atoms. The van der Waals surface area contributed by atoms with Crippen LogP contribution in [0.3, 0.4) is 0 Å². The topological polar surface area (TPSA) is 110 Å². The van der Waals surface area contributed by atoms with E-state index >= 15 is 0 Å². The number of carboxylic acid groups (broad SMARTS) is 1. The van der Waals surface area contributed by atoms with E-state index in [1.165, 1.54) is 6.07 Å². The summed E-state index contributed by atoms with van der Waals surface area (Å²) in [5, 5.41) is 27.5. The van der Waals surface area contributed by atoms with E-state index in [-0.39, 0.29) is 5.56 Å². The zero-order chi connectivity index (χ0) is 14.9. The molecule has 0 saturated heterocycles. The molecule has 1 aromatic rings. The fourth-order valence-corrected chi connectivity index (χ4v) is 2.28. The lowest BCUT2D eigenvalue weighted by atomic mass is 9.79. The summed E-state index contributed by atoms with van der Waals surface area (Å²) in [6.45, 7) is 3.39. The second kappa shape index (κ2) is 5.02. The van der Waals surface area contributed by atoms with Crippen LogP contribution in [0.15, 0.2) is 33.0 Å². The summed E-state index contributed by atoms with van der Waals surface area (Å²) in [5.41, 5.74) is 1.43. The molecule has 6 heteroatoms. The Balaban J connectivity index is 2.56. The van der Waals surface area contributed by atoms with Crippen LogP contribution in [0.2, 0.25) is 0 Å². The van der Waals surface area contributed by atoms with Crippen LogP contribution in [-0.2, 0) is 0 Å². The number of nitrogens with zero attached hydrogens (tertiary/aromatic N) is 3. The first-order chi connectivity index (χ1) is 9.49. The Labute approximate surface area is 115 Å². The lowest BCUT2D eigenvalue weighted by Gasteiger charge is -2.24. The molecule has 100 valence electrons. The molecule has 0 aliphatic carbocycles. The molecule has 0 aromatic carbocycles. The third kappa shape index (κ3) is 2.08. The van der Waals surface area contributed by atoms with Gasteiger partial charge in [0.05, 0.1) is 40.8 Å². The molecule has 0 fully saturated rings. The average Bonchev–Trinajstić information content (AvgIpc) is 2.87. The normalized spacial score (nSPS) is 21.9. The minimum atomic E-state index is -1.12. The van der Waals surface area contributed by atoms with Gasteiger partial charge >= 0.3 is 5.97 Å². The van der Waals surface area contributed by atoms with Crippen LogP contribution in [0.25, 0.3) is 0 Å². The van der Waals surface area contributed by atoms with Crippen molar-refractivity contribution in [3.05, 3.63) is 34.9 Å². The fraction of sp³-hybridized carbons (Fsp3) is 0.286. The van der Waals surface area contributed by atoms with Gasteiger partial charge in [0.15, 0.2) is 0 Å². The highest BCUT2D eigenvalue weighted by molar-refractivity contribution is 5.91. The van der Waals surface area contributed by atoms with Crippen molar-refractivity contribution in [3.8, 4) is 12.1 Å². The number of allylic oxidation sites excluding steroid dienone is 2. The number of rotatable bonds is 2. The van der Waals surface area contributed by atoms with Crippen LogP contribution in [0.1, 0.15) is 35.9 Å². The Morgan fingerprint density at radius 3 is 2.65 bits per heavy atom. The summed E-state index contributed by atoms with van der Waals surface area (Å²) in [5.74, 6) is -2.08. The summed E-state index contributed by atoms with van der Waals surface area (Å²) in [6.07, 6.45) is 1.11. The molecule has 1 aliphatic heterocycles. The summed E-state index contributed by atoms with van der Waals surface area (Å²) in [7, 11) is 0. The number of hydrogen-bond donors (Lipinski definition) is 1. The molecule has 2 heterocycles. The molecule has 2 atom stereocenters. The predicted octanol–water partition coefficient (Wildman–Crippen LogP) is 2.47. The highest BCUT2D eigenvalue weighted by Gasteiger charge is 2.36. The van der Waals surface area contributed by atoms with Gasteiger partial charge in [-0.3, -0.25) is 4.99 Å². The largest absolute Gasteiger partial charge is 0.478 e. The SMILES string of the molecule is CC1=NC(C)=C(C#N)C(c2cc(C(=O)O)co2)C1C#N. The summed E-state index contributed by atoms with van der Waals surface area (Å²) < 4.78 is 5.25. The minimum Gasteiger partial charge on any atom is -0.478 e. The second-order valence-electron chi connectivity index (χ2n) is 4.49. The van der Waals surface area contributed by atoms with Crippen LogP contribution in [0.4, 0.5) is 0 Å². The number of nitriles is 2. The third-order valence-corrected chi connectivity index (χ3v) is 3.26. The van der Waals surface area contributed by atoms with Crippen molar-refractivity contribution in [2.45, 2.75) is 19.8 Å². The van der Waals surface area contributed by atoms with Crippen LogP contribution in [-0.4, -0.2) is 16.8 Å². The van der Waals surface area contributed by atoms with Gasteiger partial charge in [-0.2, -0.15) is 10.5 Å². The Morgan fingerprint density at radius 2 is 2.15 bits per heavy atom. The maximum Gasteiger partial charge on any atom is 0.338 e. The molecule has 0 amide bonds. The van der Waals surface area contributed by atoms with Gasteiger partial charge in [-0.05, 0) is 19.9 Å². The summed E-state index contributed by atoms with van der Waals surface area (Å²) in [6, 6.07) is 5.49. The van der Waals surface area contributed by atoms with Gasteiger partial charge in [-0.25, -0.2) is 4.79 Å². The zero-order valence-electron chi connectivity index (χ0n) is 10.9. The number of carboxylic acids is 1. The Bertz CT molecular complexity index is 713. The standard InChI is InChI=1S/C14H11N3O3/c1-7-10(4-15)13(11(5-16)8(2)17-7)12-3-9(6-20-12)14(18)19/h3,6,10,13H,1-2H3,(H,18,19). The van der Waals surface area contributed by atoms with Crippen LogP contribution >= 0.6 is 0 Å². The van der Waals surface area contributed by atoms with Crippen molar-refractivity contribution in [2.75, 3.05) is 0 Å². The second-order valence-corrected chi connectivity index (χ2v) is 4.49. The molecule has 1 aromatic heterocycles. The van der Waals surface area contributed by atoms with Gasteiger partial charge < -0.3 is 9.52 Å². The molecule has 0 radical (unpaired) electrons. The maximum absolute atomic E-state index is 10.9. The highest BCUT2D eigenvalue weighted by atomic mass is 16.4. The van der Waals surface area contributed by atoms with Crippen LogP contribution in [0, 0.1) is 28.6 Å². The smallest absolute Gasteiger partial charge is 0.338 e. The molecule has 1 N–H and O–H groups in total. The highest BCUT2D eigenvalue weighted by Crippen LogP contribution is 2.38.